The van der Waals surface area contributed by atoms with Crippen molar-refractivity contribution >= 4 is 22.5 Å². The Kier molecular flexibility index (Phi) is 3.28. The van der Waals surface area contributed by atoms with Crippen molar-refractivity contribution in [3.8, 4) is 5.75 Å². The molecule has 2 aromatic carbocycles. The molecule has 2 rings (SSSR count). The minimum Gasteiger partial charge on any atom is -0.496 e. The Morgan fingerprint density at radius 1 is 1.00 bits per heavy atom. The SMILES string of the molecule is COC(=O)C(=O)c1c(OC)ccc2ccccc12. The predicted molar refractivity (Wildman–Crippen MR) is 66.8 cm³/mol. The standard InChI is InChI=1S/C14H12O4/c1-17-11-8-7-9-5-3-4-6-10(9)12(11)13(15)14(16)18-2/h3-8H,1-2H3. The van der Waals surface area contributed by atoms with Crippen LogP contribution in [0.2, 0.25) is 0 Å². The lowest BCUT2D eigenvalue weighted by atomic mass is 10.0. The first-order valence-corrected chi connectivity index (χ1v) is 5.37. The number of hydrogen-bond acceptors (Lipinski definition) is 4. The van der Waals surface area contributed by atoms with Crippen LogP contribution in [0.4, 0.5) is 0 Å². The Morgan fingerprint density at radius 3 is 2.39 bits per heavy atom. The van der Waals surface area contributed by atoms with Crippen LogP contribution in [-0.4, -0.2) is 26.0 Å². The zero-order valence-corrected chi connectivity index (χ0v) is 10.1. The third-order valence-corrected chi connectivity index (χ3v) is 2.71. The van der Waals surface area contributed by atoms with Gasteiger partial charge in [0.05, 0.1) is 19.8 Å². The van der Waals surface area contributed by atoms with Crippen molar-refractivity contribution in [1.82, 2.24) is 0 Å². The Bertz CT molecular complexity index is 616. The van der Waals surface area contributed by atoms with Crippen LogP contribution < -0.4 is 4.74 Å². The first-order valence-electron chi connectivity index (χ1n) is 5.37. The number of ketones is 1. The van der Waals surface area contributed by atoms with E-state index in [4.69, 9.17) is 4.74 Å². The minimum atomic E-state index is -0.898. The quantitative estimate of drug-likeness (QED) is 0.472. The number of ether oxygens (including phenoxy) is 2. The highest BCUT2D eigenvalue weighted by Crippen LogP contribution is 2.28. The topological polar surface area (TPSA) is 52.6 Å². The van der Waals surface area contributed by atoms with Crippen LogP contribution in [0.1, 0.15) is 10.4 Å². The van der Waals surface area contributed by atoms with Gasteiger partial charge >= 0.3 is 5.97 Å². The molecule has 0 unspecified atom stereocenters. The molecule has 0 atom stereocenters. The number of rotatable bonds is 3. The molecule has 0 saturated carbocycles. The van der Waals surface area contributed by atoms with Crippen molar-refractivity contribution in [1.29, 1.82) is 0 Å². The molecule has 0 N–H and O–H groups in total. The summed E-state index contributed by atoms with van der Waals surface area (Å²) in [4.78, 5) is 23.4. The van der Waals surface area contributed by atoms with Crippen LogP contribution in [0.15, 0.2) is 36.4 Å². The second-order valence-corrected chi connectivity index (χ2v) is 3.68. The molecule has 0 aliphatic rings. The maximum atomic E-state index is 12.0. The molecular formula is C14H12O4. The van der Waals surface area contributed by atoms with E-state index in [1.165, 1.54) is 14.2 Å². The number of carbonyl (C=O) groups excluding carboxylic acids is 2. The van der Waals surface area contributed by atoms with E-state index in [1.54, 1.807) is 18.2 Å². The summed E-state index contributed by atoms with van der Waals surface area (Å²) in [7, 11) is 2.63. The molecule has 0 aromatic heterocycles. The Balaban J connectivity index is 2.72. The average Bonchev–Trinajstić information content (AvgIpc) is 2.44. The van der Waals surface area contributed by atoms with Crippen molar-refractivity contribution in [3.05, 3.63) is 42.0 Å². The molecule has 0 aliphatic heterocycles. The molecule has 0 fully saturated rings. The minimum absolute atomic E-state index is 0.238. The number of benzene rings is 2. The smallest absolute Gasteiger partial charge is 0.379 e. The molecule has 0 aliphatic carbocycles. The van der Waals surface area contributed by atoms with E-state index in [0.717, 1.165) is 5.39 Å². The highest BCUT2D eigenvalue weighted by Gasteiger charge is 2.23. The Hall–Kier alpha value is -2.36. The Labute approximate surface area is 104 Å². The van der Waals surface area contributed by atoms with E-state index < -0.39 is 11.8 Å². The zero-order valence-electron chi connectivity index (χ0n) is 10.1. The molecule has 0 heterocycles. The van der Waals surface area contributed by atoms with Gasteiger partial charge in [0, 0.05) is 0 Å². The van der Waals surface area contributed by atoms with Crippen LogP contribution in [-0.2, 0) is 9.53 Å². The van der Waals surface area contributed by atoms with Gasteiger partial charge in [0.15, 0.2) is 0 Å². The van der Waals surface area contributed by atoms with Gasteiger partial charge in [-0.2, -0.15) is 0 Å². The van der Waals surface area contributed by atoms with Gasteiger partial charge in [-0.25, -0.2) is 4.79 Å². The van der Waals surface area contributed by atoms with Crippen LogP contribution >= 0.6 is 0 Å². The summed E-state index contributed by atoms with van der Waals surface area (Å²) in [6.45, 7) is 0. The van der Waals surface area contributed by atoms with Gasteiger partial charge in [-0.1, -0.05) is 30.3 Å². The van der Waals surface area contributed by atoms with Crippen LogP contribution in [0.25, 0.3) is 10.8 Å². The highest BCUT2D eigenvalue weighted by atomic mass is 16.5. The fourth-order valence-electron chi connectivity index (χ4n) is 1.85. The fourth-order valence-corrected chi connectivity index (χ4v) is 1.85. The van der Waals surface area contributed by atoms with Gasteiger partial charge < -0.3 is 9.47 Å². The third-order valence-electron chi connectivity index (χ3n) is 2.71. The van der Waals surface area contributed by atoms with Gasteiger partial charge in [-0.05, 0) is 16.8 Å². The number of Topliss-reactive ketones (excluding diaryl/α,β-unsaturated/α-hetero) is 1. The molecule has 0 spiro atoms. The highest BCUT2D eigenvalue weighted by molar-refractivity contribution is 6.43. The molecule has 0 bridgehead atoms. The number of methoxy groups -OCH3 is 2. The summed E-state index contributed by atoms with van der Waals surface area (Å²) in [5.74, 6) is -1.24. The summed E-state index contributed by atoms with van der Waals surface area (Å²) in [5, 5.41) is 1.54. The van der Waals surface area contributed by atoms with Gasteiger partial charge in [-0.15, -0.1) is 0 Å². The van der Waals surface area contributed by atoms with E-state index in [1.807, 2.05) is 18.2 Å². The van der Waals surface area contributed by atoms with E-state index in [9.17, 15) is 9.59 Å². The average molecular weight is 244 g/mol. The predicted octanol–water partition coefficient (Wildman–Crippen LogP) is 2.20. The number of fused-ring (bicyclic) bond motifs is 1. The summed E-state index contributed by atoms with van der Waals surface area (Å²) < 4.78 is 9.61. The molecule has 4 heteroatoms. The summed E-state index contributed by atoms with van der Waals surface area (Å²) in [6, 6.07) is 10.8. The maximum absolute atomic E-state index is 12.0. The first-order chi connectivity index (χ1) is 8.69. The maximum Gasteiger partial charge on any atom is 0.379 e. The summed E-state index contributed by atoms with van der Waals surface area (Å²) >= 11 is 0. The fraction of sp³-hybridized carbons (Fsp3) is 0.143. The molecule has 2 aromatic rings. The first kappa shape index (κ1) is 12.1. The lowest BCUT2D eigenvalue weighted by molar-refractivity contribution is -0.135. The van der Waals surface area contributed by atoms with Crippen LogP contribution in [0.5, 0.6) is 5.75 Å². The monoisotopic (exact) mass is 244 g/mol. The molecule has 0 radical (unpaired) electrons. The number of carbonyl (C=O) groups is 2. The second-order valence-electron chi connectivity index (χ2n) is 3.68. The molecule has 92 valence electrons. The molecular weight excluding hydrogens is 232 g/mol. The number of hydrogen-bond donors (Lipinski definition) is 0. The summed E-state index contributed by atoms with van der Waals surface area (Å²) in [5.41, 5.74) is 0.238. The van der Waals surface area contributed by atoms with Gasteiger partial charge in [0.25, 0.3) is 5.78 Å². The van der Waals surface area contributed by atoms with E-state index in [-0.39, 0.29) is 5.56 Å². The molecule has 4 nitrogen and oxygen atoms in total. The lowest BCUT2D eigenvalue weighted by Gasteiger charge is -2.09. The molecule has 18 heavy (non-hydrogen) atoms. The normalized spacial score (nSPS) is 10.1. The molecule has 0 saturated heterocycles. The van der Waals surface area contributed by atoms with Crippen molar-refractivity contribution in [3.63, 3.8) is 0 Å². The van der Waals surface area contributed by atoms with Crippen LogP contribution in [0, 0.1) is 0 Å². The number of esters is 1. The van der Waals surface area contributed by atoms with E-state index in [2.05, 4.69) is 4.74 Å². The Morgan fingerprint density at radius 2 is 1.72 bits per heavy atom. The second kappa shape index (κ2) is 4.87. The van der Waals surface area contributed by atoms with Gasteiger partial charge in [-0.3, -0.25) is 4.79 Å². The van der Waals surface area contributed by atoms with Crippen LogP contribution in [0.3, 0.4) is 0 Å². The van der Waals surface area contributed by atoms with E-state index >= 15 is 0 Å². The van der Waals surface area contributed by atoms with Crippen molar-refractivity contribution in [2.24, 2.45) is 0 Å². The molecule has 0 amide bonds. The van der Waals surface area contributed by atoms with Gasteiger partial charge in [0.1, 0.15) is 5.75 Å². The van der Waals surface area contributed by atoms with Crippen molar-refractivity contribution in [2.75, 3.05) is 14.2 Å². The summed E-state index contributed by atoms with van der Waals surface area (Å²) in [6.07, 6.45) is 0. The third kappa shape index (κ3) is 1.93. The zero-order chi connectivity index (χ0) is 13.1. The van der Waals surface area contributed by atoms with Gasteiger partial charge in [0.2, 0.25) is 0 Å². The van der Waals surface area contributed by atoms with Crippen molar-refractivity contribution < 1.29 is 19.1 Å². The van der Waals surface area contributed by atoms with E-state index in [0.29, 0.717) is 11.1 Å². The largest absolute Gasteiger partial charge is 0.496 e. The lowest BCUT2D eigenvalue weighted by Crippen LogP contribution is -2.17. The van der Waals surface area contributed by atoms with Crippen molar-refractivity contribution in [2.45, 2.75) is 0 Å².